The first-order chi connectivity index (χ1) is 12.7. The van der Waals surface area contributed by atoms with Gasteiger partial charge in [-0.05, 0) is 42.0 Å². The van der Waals surface area contributed by atoms with Crippen molar-refractivity contribution in [2.24, 2.45) is 5.73 Å². The first-order valence-corrected chi connectivity index (χ1v) is 10.1. The Bertz CT molecular complexity index is 1150. The van der Waals surface area contributed by atoms with Crippen LogP contribution in [0.15, 0.2) is 59.6 Å². The van der Waals surface area contributed by atoms with E-state index in [-0.39, 0.29) is 21.7 Å². The zero-order chi connectivity index (χ0) is 19.8. The molecule has 0 spiro atoms. The number of hydrogen-bond acceptors (Lipinski definition) is 5. The van der Waals surface area contributed by atoms with Crippen molar-refractivity contribution >= 4 is 33.0 Å². The summed E-state index contributed by atoms with van der Waals surface area (Å²) in [4.78, 5) is 15.9. The Morgan fingerprint density at radius 2 is 1.85 bits per heavy atom. The van der Waals surface area contributed by atoms with Crippen LogP contribution >= 0.6 is 11.6 Å². The maximum atomic E-state index is 12.3. The summed E-state index contributed by atoms with van der Waals surface area (Å²) in [6.07, 6.45) is 2.70. The molecule has 0 fully saturated rings. The highest BCUT2D eigenvalue weighted by Crippen LogP contribution is 2.38. The van der Waals surface area contributed by atoms with Crippen LogP contribution in [0.2, 0.25) is 5.02 Å². The normalized spacial score (nSPS) is 11.3. The molecule has 8 heteroatoms. The molecule has 138 valence electrons. The van der Waals surface area contributed by atoms with Gasteiger partial charge in [-0.25, -0.2) is 8.42 Å². The summed E-state index contributed by atoms with van der Waals surface area (Å²) in [5.41, 5.74) is 13.5. The van der Waals surface area contributed by atoms with Gasteiger partial charge in [0, 0.05) is 28.6 Å². The van der Waals surface area contributed by atoms with Gasteiger partial charge in [0.05, 0.1) is 21.8 Å². The Hall–Kier alpha value is -2.90. The Kier molecular flexibility index (Phi) is 4.91. The number of nitrogens with two attached hydrogens (primary N) is 2. The second-order valence-electron chi connectivity index (χ2n) is 5.95. The van der Waals surface area contributed by atoms with E-state index in [9.17, 15) is 13.2 Å². The predicted octanol–water partition coefficient (Wildman–Crippen LogP) is 3.15. The van der Waals surface area contributed by atoms with Gasteiger partial charge in [-0.2, -0.15) is 0 Å². The van der Waals surface area contributed by atoms with Crippen molar-refractivity contribution in [3.63, 3.8) is 0 Å². The number of sulfone groups is 1. The molecule has 3 aromatic rings. The number of aromatic nitrogens is 1. The minimum absolute atomic E-state index is 0.000261. The van der Waals surface area contributed by atoms with Crippen LogP contribution in [0, 0.1) is 0 Å². The van der Waals surface area contributed by atoms with Crippen LogP contribution < -0.4 is 11.5 Å². The third kappa shape index (κ3) is 3.65. The lowest BCUT2D eigenvalue weighted by molar-refractivity contribution is 0.100. The van der Waals surface area contributed by atoms with Gasteiger partial charge in [-0.1, -0.05) is 23.7 Å². The van der Waals surface area contributed by atoms with Crippen LogP contribution in [0.3, 0.4) is 0 Å². The van der Waals surface area contributed by atoms with E-state index in [4.69, 9.17) is 23.1 Å². The van der Waals surface area contributed by atoms with Gasteiger partial charge in [0.25, 0.3) is 5.91 Å². The molecule has 0 aliphatic rings. The monoisotopic (exact) mass is 401 g/mol. The zero-order valence-corrected chi connectivity index (χ0v) is 15.9. The molecule has 0 aliphatic carbocycles. The molecule has 3 rings (SSSR count). The summed E-state index contributed by atoms with van der Waals surface area (Å²) in [7, 11) is -3.61. The van der Waals surface area contributed by atoms with Crippen molar-refractivity contribution < 1.29 is 13.2 Å². The lowest BCUT2D eigenvalue weighted by Gasteiger charge is -2.15. The van der Waals surface area contributed by atoms with E-state index in [1.807, 2.05) is 6.07 Å². The van der Waals surface area contributed by atoms with E-state index < -0.39 is 15.7 Å². The fourth-order valence-electron chi connectivity index (χ4n) is 2.82. The number of nitrogen functional groups attached to an aromatic ring is 1. The summed E-state index contributed by atoms with van der Waals surface area (Å²) in [6, 6.07) is 13.0. The average Bonchev–Trinajstić information content (AvgIpc) is 2.61. The molecule has 0 atom stereocenters. The van der Waals surface area contributed by atoms with E-state index in [0.717, 1.165) is 6.26 Å². The molecule has 0 bridgehead atoms. The zero-order valence-electron chi connectivity index (χ0n) is 14.3. The molecule has 6 nitrogen and oxygen atoms in total. The fraction of sp³-hybridized carbons (Fsp3) is 0.0526. The molecular weight excluding hydrogens is 386 g/mol. The van der Waals surface area contributed by atoms with Gasteiger partial charge in [0.1, 0.15) is 0 Å². The van der Waals surface area contributed by atoms with Gasteiger partial charge >= 0.3 is 0 Å². The highest BCUT2D eigenvalue weighted by molar-refractivity contribution is 7.90. The number of carbonyl (C=O) groups is 1. The summed E-state index contributed by atoms with van der Waals surface area (Å²) in [5.74, 6) is -0.743. The van der Waals surface area contributed by atoms with Crippen molar-refractivity contribution in [1.29, 1.82) is 0 Å². The van der Waals surface area contributed by atoms with Crippen LogP contribution in [0.5, 0.6) is 0 Å². The third-order valence-electron chi connectivity index (χ3n) is 4.07. The fourth-order valence-corrected chi connectivity index (χ4v) is 3.95. The first kappa shape index (κ1) is 18.9. The number of amides is 1. The number of hydrogen-bond donors (Lipinski definition) is 2. The van der Waals surface area contributed by atoms with Gasteiger partial charge < -0.3 is 11.5 Å². The van der Waals surface area contributed by atoms with E-state index >= 15 is 0 Å². The second-order valence-corrected chi connectivity index (χ2v) is 8.34. The maximum Gasteiger partial charge on any atom is 0.250 e. The molecule has 0 unspecified atom stereocenters. The van der Waals surface area contributed by atoms with Crippen molar-refractivity contribution in [3.8, 4) is 22.4 Å². The van der Waals surface area contributed by atoms with E-state index in [1.54, 1.807) is 36.5 Å². The highest BCUT2D eigenvalue weighted by Gasteiger charge is 2.22. The first-order valence-electron chi connectivity index (χ1n) is 7.84. The van der Waals surface area contributed by atoms with Crippen LogP contribution in [0.25, 0.3) is 22.4 Å². The van der Waals surface area contributed by atoms with E-state index in [1.165, 1.54) is 12.1 Å². The van der Waals surface area contributed by atoms with Crippen LogP contribution in [-0.2, 0) is 9.84 Å². The van der Waals surface area contributed by atoms with E-state index in [0.29, 0.717) is 21.8 Å². The molecule has 1 amide bonds. The summed E-state index contributed by atoms with van der Waals surface area (Å²) in [6.45, 7) is 0. The van der Waals surface area contributed by atoms with E-state index in [2.05, 4.69) is 4.98 Å². The van der Waals surface area contributed by atoms with Crippen LogP contribution in [0.4, 0.5) is 5.69 Å². The number of halogens is 1. The van der Waals surface area contributed by atoms with Gasteiger partial charge in [-0.3, -0.25) is 9.78 Å². The Morgan fingerprint density at radius 1 is 1.11 bits per heavy atom. The number of benzene rings is 2. The smallest absolute Gasteiger partial charge is 0.250 e. The van der Waals surface area contributed by atoms with Crippen molar-refractivity contribution in [2.45, 2.75) is 4.90 Å². The highest BCUT2D eigenvalue weighted by atomic mass is 35.5. The quantitative estimate of drug-likeness (QED) is 0.651. The SMILES string of the molecule is CS(=O)(=O)c1ccc(C(N)=O)c(N)c1-c1ccc(Cl)c(-c2ccccn2)c1. The number of pyridine rings is 1. The van der Waals surface area contributed by atoms with Crippen LogP contribution in [-0.4, -0.2) is 25.6 Å². The molecular formula is C19H16ClN3O3S. The van der Waals surface area contributed by atoms with Gasteiger partial charge in [0.15, 0.2) is 9.84 Å². The lowest BCUT2D eigenvalue weighted by atomic mass is 9.97. The van der Waals surface area contributed by atoms with Gasteiger partial charge in [0.2, 0.25) is 0 Å². The molecule has 0 radical (unpaired) electrons. The third-order valence-corrected chi connectivity index (χ3v) is 5.54. The second kappa shape index (κ2) is 7.02. The lowest BCUT2D eigenvalue weighted by Crippen LogP contribution is -2.15. The summed E-state index contributed by atoms with van der Waals surface area (Å²) < 4.78 is 24.5. The Balaban J connectivity index is 2.34. The molecule has 1 aromatic heterocycles. The maximum absolute atomic E-state index is 12.3. The minimum atomic E-state index is -3.61. The summed E-state index contributed by atoms with van der Waals surface area (Å²) >= 11 is 6.31. The summed E-state index contributed by atoms with van der Waals surface area (Å²) in [5, 5.41) is 0.447. The largest absolute Gasteiger partial charge is 0.398 e. The molecule has 2 aromatic carbocycles. The molecule has 0 saturated heterocycles. The average molecular weight is 402 g/mol. The molecule has 4 N–H and O–H groups in total. The minimum Gasteiger partial charge on any atom is -0.398 e. The molecule has 27 heavy (non-hydrogen) atoms. The molecule has 0 aliphatic heterocycles. The number of carbonyl (C=O) groups excluding carboxylic acids is 1. The van der Waals surface area contributed by atoms with Gasteiger partial charge in [-0.15, -0.1) is 0 Å². The Morgan fingerprint density at radius 3 is 2.44 bits per heavy atom. The van der Waals surface area contributed by atoms with Crippen molar-refractivity contribution in [2.75, 3.05) is 12.0 Å². The number of nitrogens with zero attached hydrogens (tertiary/aromatic N) is 1. The Labute approximate surface area is 161 Å². The standard InChI is InChI=1S/C19H16ClN3O3S/c1-27(25,26)16-8-6-12(19(22)24)18(21)17(16)11-5-7-14(20)13(10-11)15-4-2-3-9-23-15/h2-10H,21H2,1H3,(H2,22,24). The van der Waals surface area contributed by atoms with Crippen molar-refractivity contribution in [1.82, 2.24) is 4.98 Å². The number of primary amides is 1. The van der Waals surface area contributed by atoms with Crippen LogP contribution in [0.1, 0.15) is 10.4 Å². The topological polar surface area (TPSA) is 116 Å². The predicted molar refractivity (Wildman–Crippen MR) is 106 cm³/mol. The number of rotatable bonds is 4. The van der Waals surface area contributed by atoms with Crippen molar-refractivity contribution in [3.05, 3.63) is 65.3 Å². The molecule has 0 saturated carbocycles. The number of anilines is 1. The molecule has 1 heterocycles.